The summed E-state index contributed by atoms with van der Waals surface area (Å²) in [6, 6.07) is 12.3. The van der Waals surface area contributed by atoms with Crippen LogP contribution in [-0.2, 0) is 9.53 Å². The van der Waals surface area contributed by atoms with E-state index in [1.54, 1.807) is 43.5 Å². The number of hydrogen-bond acceptors (Lipinski definition) is 5. The van der Waals surface area contributed by atoms with Crippen molar-refractivity contribution in [2.24, 2.45) is 0 Å². The van der Waals surface area contributed by atoms with Gasteiger partial charge in [0.25, 0.3) is 0 Å². The minimum Gasteiger partial charge on any atom is -0.503 e. The van der Waals surface area contributed by atoms with Crippen LogP contribution in [0.5, 0.6) is 5.75 Å². The fourth-order valence-corrected chi connectivity index (χ4v) is 3.04. The Bertz CT molecular complexity index is 1010. The lowest BCUT2D eigenvalue weighted by atomic mass is 10.0. The van der Waals surface area contributed by atoms with Gasteiger partial charge in [-0.3, -0.25) is 0 Å². The lowest BCUT2D eigenvalue weighted by molar-refractivity contribution is -0.130. The normalized spacial score (nSPS) is 12.8. The van der Waals surface area contributed by atoms with E-state index in [1.165, 1.54) is 7.11 Å². The van der Waals surface area contributed by atoms with E-state index in [1.807, 2.05) is 13.0 Å². The second-order valence-electron chi connectivity index (χ2n) is 6.03. The first-order valence-corrected chi connectivity index (χ1v) is 8.28. The maximum absolute atomic E-state index is 11.6. The Morgan fingerprint density at radius 1 is 1.19 bits per heavy atom. The molecule has 140 valence electrons. The molecular formula is C21H20O6. The van der Waals surface area contributed by atoms with Gasteiger partial charge >= 0.3 is 5.97 Å². The van der Waals surface area contributed by atoms with Crippen molar-refractivity contribution in [2.75, 3.05) is 14.2 Å². The second kappa shape index (κ2) is 7.55. The number of hydrogen-bond donors (Lipinski definition) is 2. The quantitative estimate of drug-likeness (QED) is 0.507. The van der Waals surface area contributed by atoms with Gasteiger partial charge in [0.2, 0.25) is 0 Å². The molecule has 0 amide bonds. The van der Waals surface area contributed by atoms with Crippen molar-refractivity contribution in [2.45, 2.75) is 13.0 Å². The van der Waals surface area contributed by atoms with E-state index < -0.39 is 12.1 Å². The molecule has 3 rings (SSSR count). The van der Waals surface area contributed by atoms with E-state index in [4.69, 9.17) is 13.9 Å². The molecule has 0 radical (unpaired) electrons. The molecule has 0 aliphatic heterocycles. The van der Waals surface area contributed by atoms with Gasteiger partial charge in [0.1, 0.15) is 28.8 Å². The minimum atomic E-state index is -1.13. The molecule has 2 N–H and O–H groups in total. The van der Waals surface area contributed by atoms with E-state index in [-0.39, 0.29) is 5.57 Å². The van der Waals surface area contributed by atoms with Crippen LogP contribution >= 0.6 is 0 Å². The van der Waals surface area contributed by atoms with E-state index >= 15 is 0 Å². The third-order valence-electron chi connectivity index (χ3n) is 4.41. The summed E-state index contributed by atoms with van der Waals surface area (Å²) in [5.41, 5.74) is 2.10. The van der Waals surface area contributed by atoms with Crippen LogP contribution in [0.15, 0.2) is 53.1 Å². The summed E-state index contributed by atoms with van der Waals surface area (Å²) in [6.07, 6.45) is 0.146. The molecule has 2 aromatic carbocycles. The monoisotopic (exact) mass is 368 g/mol. The maximum atomic E-state index is 11.6. The van der Waals surface area contributed by atoms with Gasteiger partial charge in [-0.2, -0.15) is 0 Å². The van der Waals surface area contributed by atoms with E-state index in [0.29, 0.717) is 28.2 Å². The van der Waals surface area contributed by atoms with Crippen molar-refractivity contribution in [3.05, 3.63) is 71.2 Å². The molecule has 0 saturated heterocycles. The third-order valence-corrected chi connectivity index (χ3v) is 4.41. The van der Waals surface area contributed by atoms with E-state index in [2.05, 4.69) is 0 Å². The van der Waals surface area contributed by atoms with Gasteiger partial charge < -0.3 is 24.1 Å². The topological polar surface area (TPSA) is 89.1 Å². The molecule has 3 aromatic rings. The maximum Gasteiger partial charge on any atom is 0.339 e. The minimum absolute atomic E-state index is 0.0285. The predicted molar refractivity (Wildman–Crippen MR) is 101 cm³/mol. The smallest absolute Gasteiger partial charge is 0.339 e. The zero-order valence-electron chi connectivity index (χ0n) is 15.2. The summed E-state index contributed by atoms with van der Waals surface area (Å²) < 4.78 is 16.1. The SMILES string of the molecule is COC=C(C(=O)O)c1cccc2c(C)c(C(O)c3cccc(OC)c3)oc12. The number of methoxy groups -OCH3 is 2. The lowest BCUT2D eigenvalue weighted by Crippen LogP contribution is -2.01. The predicted octanol–water partition coefficient (Wildman–Crippen LogP) is 3.90. The fraction of sp³-hybridized carbons (Fsp3) is 0.190. The zero-order valence-corrected chi connectivity index (χ0v) is 15.2. The summed E-state index contributed by atoms with van der Waals surface area (Å²) >= 11 is 0. The number of rotatable bonds is 6. The van der Waals surface area contributed by atoms with Crippen molar-refractivity contribution in [1.29, 1.82) is 0 Å². The first-order chi connectivity index (χ1) is 13.0. The Morgan fingerprint density at radius 3 is 2.59 bits per heavy atom. The number of carboxylic acids is 1. The van der Waals surface area contributed by atoms with Crippen LogP contribution in [0.25, 0.3) is 16.5 Å². The van der Waals surface area contributed by atoms with Crippen LogP contribution in [-0.4, -0.2) is 30.4 Å². The Balaban J connectivity index is 2.16. The van der Waals surface area contributed by atoms with Crippen molar-refractivity contribution in [3.63, 3.8) is 0 Å². The van der Waals surface area contributed by atoms with Crippen LogP contribution in [0.4, 0.5) is 0 Å². The highest BCUT2D eigenvalue weighted by Gasteiger charge is 2.24. The Morgan fingerprint density at radius 2 is 1.93 bits per heavy atom. The first-order valence-electron chi connectivity index (χ1n) is 8.28. The van der Waals surface area contributed by atoms with Crippen LogP contribution in [0.3, 0.4) is 0 Å². The second-order valence-corrected chi connectivity index (χ2v) is 6.03. The molecule has 1 atom stereocenters. The number of ether oxygens (including phenoxy) is 2. The van der Waals surface area contributed by atoms with Gasteiger partial charge in [0, 0.05) is 16.5 Å². The van der Waals surface area contributed by atoms with Gasteiger partial charge in [-0.25, -0.2) is 4.79 Å². The first kappa shape index (κ1) is 18.5. The highest BCUT2D eigenvalue weighted by Crippen LogP contribution is 2.36. The lowest BCUT2D eigenvalue weighted by Gasteiger charge is -2.10. The number of aryl methyl sites for hydroxylation is 1. The summed E-state index contributed by atoms with van der Waals surface area (Å²) in [6.45, 7) is 1.83. The van der Waals surface area contributed by atoms with Crippen LogP contribution < -0.4 is 4.74 Å². The van der Waals surface area contributed by atoms with E-state index in [0.717, 1.165) is 17.2 Å². The van der Waals surface area contributed by atoms with E-state index in [9.17, 15) is 15.0 Å². The summed E-state index contributed by atoms with van der Waals surface area (Å²) in [4.78, 5) is 11.6. The van der Waals surface area contributed by atoms with Crippen molar-refractivity contribution < 1.29 is 28.9 Å². The van der Waals surface area contributed by atoms with Gasteiger partial charge in [0.05, 0.1) is 20.5 Å². The number of aliphatic hydroxyl groups excluding tert-OH is 1. The van der Waals surface area contributed by atoms with Gasteiger partial charge in [0.15, 0.2) is 0 Å². The number of carboxylic acid groups (broad SMARTS) is 1. The van der Waals surface area contributed by atoms with Crippen LogP contribution in [0.2, 0.25) is 0 Å². The van der Waals surface area contributed by atoms with Crippen molar-refractivity contribution >= 4 is 22.5 Å². The summed E-state index contributed by atoms with van der Waals surface area (Å²) in [5.74, 6) is -0.154. The molecule has 0 saturated carbocycles. The Kier molecular flexibility index (Phi) is 5.19. The number of carbonyl (C=O) groups is 1. The number of furan rings is 1. The summed E-state index contributed by atoms with van der Waals surface area (Å²) in [5, 5.41) is 21.0. The molecule has 6 nitrogen and oxygen atoms in total. The van der Waals surface area contributed by atoms with Gasteiger partial charge in [-0.15, -0.1) is 0 Å². The molecular weight excluding hydrogens is 348 g/mol. The fourth-order valence-electron chi connectivity index (χ4n) is 3.04. The van der Waals surface area contributed by atoms with Crippen molar-refractivity contribution in [1.82, 2.24) is 0 Å². The third kappa shape index (κ3) is 3.39. The van der Waals surface area contributed by atoms with Crippen LogP contribution in [0.1, 0.15) is 28.6 Å². The summed E-state index contributed by atoms with van der Waals surface area (Å²) in [7, 11) is 2.94. The molecule has 1 heterocycles. The number of aliphatic hydroxyl groups is 1. The van der Waals surface area contributed by atoms with Crippen molar-refractivity contribution in [3.8, 4) is 5.75 Å². The number of benzene rings is 2. The molecule has 6 heteroatoms. The zero-order chi connectivity index (χ0) is 19.6. The molecule has 0 aliphatic carbocycles. The highest BCUT2D eigenvalue weighted by atomic mass is 16.5. The molecule has 1 unspecified atom stereocenters. The van der Waals surface area contributed by atoms with Gasteiger partial charge in [-0.1, -0.05) is 30.3 Å². The molecule has 0 bridgehead atoms. The number of fused-ring (bicyclic) bond motifs is 1. The molecule has 0 aliphatic rings. The molecule has 0 fully saturated rings. The average Bonchev–Trinajstić information content (AvgIpc) is 3.02. The molecule has 27 heavy (non-hydrogen) atoms. The molecule has 0 spiro atoms. The highest BCUT2D eigenvalue weighted by molar-refractivity contribution is 6.18. The Labute approximate surface area is 156 Å². The van der Waals surface area contributed by atoms with Crippen LogP contribution in [0, 0.1) is 6.92 Å². The number of aliphatic carboxylic acids is 1. The number of para-hydroxylation sites is 1. The Hall–Kier alpha value is -3.25. The van der Waals surface area contributed by atoms with Gasteiger partial charge in [-0.05, 0) is 24.6 Å². The standard InChI is InChI=1S/C21H20O6/c1-12-15-8-5-9-16(17(11-25-2)21(23)24)20(15)27-19(12)18(22)13-6-4-7-14(10-13)26-3/h4-11,18,22H,1-3H3,(H,23,24). The largest absolute Gasteiger partial charge is 0.503 e. The molecule has 1 aromatic heterocycles. The average molecular weight is 368 g/mol.